The van der Waals surface area contributed by atoms with Crippen LogP contribution >= 0.6 is 0 Å². The number of aryl methyl sites for hydroxylation is 2. The molecule has 1 N–H and O–H groups in total. The highest BCUT2D eigenvalue weighted by molar-refractivity contribution is 5.75. The van der Waals surface area contributed by atoms with E-state index in [0.717, 1.165) is 4.57 Å². The zero-order valence-corrected chi connectivity index (χ0v) is 11.7. The Bertz CT molecular complexity index is 768. The molecule has 0 aliphatic carbocycles. The zero-order valence-electron chi connectivity index (χ0n) is 11.7. The summed E-state index contributed by atoms with van der Waals surface area (Å²) < 4.78 is 4.02. The van der Waals surface area contributed by atoms with E-state index >= 15 is 0 Å². The molecule has 0 radical (unpaired) electrons. The number of rotatable bonds is 4. The molecule has 0 bridgehead atoms. The molecular weight excluding hydrogens is 262 g/mol. The molecule has 2 rings (SSSR count). The number of fused-ring (bicyclic) bond motifs is 1. The van der Waals surface area contributed by atoms with Crippen molar-refractivity contribution in [3.63, 3.8) is 0 Å². The third kappa shape index (κ3) is 2.24. The van der Waals surface area contributed by atoms with E-state index in [9.17, 15) is 14.4 Å². The molecule has 0 saturated carbocycles. The normalized spacial score (nSPS) is 10.9. The molecule has 8 nitrogen and oxygen atoms in total. The lowest BCUT2D eigenvalue weighted by Gasteiger charge is -2.09. The topological polar surface area (TPSA) is 90.9 Å². The number of carbonyl (C=O) groups excluding carboxylic acids is 1. The monoisotopic (exact) mass is 279 g/mol. The Morgan fingerprint density at radius 1 is 1.35 bits per heavy atom. The summed E-state index contributed by atoms with van der Waals surface area (Å²) in [5.41, 5.74) is -0.106. The zero-order chi connectivity index (χ0) is 14.9. The Morgan fingerprint density at radius 2 is 2.05 bits per heavy atom. The Balaban J connectivity index is 2.43. The van der Waals surface area contributed by atoms with Gasteiger partial charge in [-0.15, -0.1) is 0 Å². The van der Waals surface area contributed by atoms with E-state index in [1.165, 1.54) is 10.9 Å². The fraction of sp³-hybridized carbons (Fsp3) is 0.500. The second-order valence-electron chi connectivity index (χ2n) is 4.53. The van der Waals surface area contributed by atoms with Crippen molar-refractivity contribution in [2.75, 3.05) is 6.54 Å². The van der Waals surface area contributed by atoms with Crippen LogP contribution in [0.2, 0.25) is 0 Å². The van der Waals surface area contributed by atoms with Gasteiger partial charge in [0.1, 0.15) is 0 Å². The van der Waals surface area contributed by atoms with E-state index < -0.39 is 11.2 Å². The van der Waals surface area contributed by atoms with Crippen LogP contribution in [0, 0.1) is 0 Å². The van der Waals surface area contributed by atoms with E-state index in [1.807, 2.05) is 0 Å². The molecule has 20 heavy (non-hydrogen) atoms. The lowest BCUT2D eigenvalue weighted by Crippen LogP contribution is -2.42. The summed E-state index contributed by atoms with van der Waals surface area (Å²) in [4.78, 5) is 39.6. The molecular formula is C12H17N5O3. The molecule has 2 aromatic heterocycles. The van der Waals surface area contributed by atoms with Gasteiger partial charge in [0.05, 0.1) is 6.33 Å². The Labute approximate surface area is 114 Å². The second-order valence-corrected chi connectivity index (χ2v) is 4.53. The molecule has 108 valence electrons. The molecule has 0 atom stereocenters. The van der Waals surface area contributed by atoms with Crippen molar-refractivity contribution in [2.45, 2.75) is 19.9 Å². The van der Waals surface area contributed by atoms with Crippen LogP contribution in [0.4, 0.5) is 0 Å². The SMILES string of the molecule is CCC(=O)NCCn1c(=O)c2c(ncn2C)n(C)c1=O. The van der Waals surface area contributed by atoms with Gasteiger partial charge in [0.25, 0.3) is 5.56 Å². The van der Waals surface area contributed by atoms with E-state index in [-0.39, 0.29) is 19.0 Å². The van der Waals surface area contributed by atoms with Gasteiger partial charge in [0.15, 0.2) is 11.2 Å². The molecule has 0 spiro atoms. The highest BCUT2D eigenvalue weighted by atomic mass is 16.2. The highest BCUT2D eigenvalue weighted by Crippen LogP contribution is 2.02. The lowest BCUT2D eigenvalue weighted by molar-refractivity contribution is -0.120. The number of hydrogen-bond donors (Lipinski definition) is 1. The van der Waals surface area contributed by atoms with Crippen LogP contribution in [-0.4, -0.2) is 31.1 Å². The molecule has 0 aromatic carbocycles. The number of imidazole rings is 1. The van der Waals surface area contributed by atoms with Gasteiger partial charge in [0.2, 0.25) is 5.91 Å². The molecule has 8 heteroatoms. The van der Waals surface area contributed by atoms with Crippen LogP contribution in [-0.2, 0) is 25.4 Å². The van der Waals surface area contributed by atoms with Crippen LogP contribution in [0.25, 0.3) is 11.2 Å². The third-order valence-electron chi connectivity index (χ3n) is 3.18. The predicted octanol–water partition coefficient (Wildman–Crippen LogP) is -1.04. The molecule has 0 aliphatic heterocycles. The largest absolute Gasteiger partial charge is 0.354 e. The van der Waals surface area contributed by atoms with E-state index in [0.29, 0.717) is 17.6 Å². The Kier molecular flexibility index (Phi) is 3.73. The summed E-state index contributed by atoms with van der Waals surface area (Å²) >= 11 is 0. The van der Waals surface area contributed by atoms with Gasteiger partial charge >= 0.3 is 5.69 Å². The van der Waals surface area contributed by atoms with Crippen molar-refractivity contribution < 1.29 is 4.79 Å². The van der Waals surface area contributed by atoms with Crippen molar-refractivity contribution in [2.24, 2.45) is 14.1 Å². The van der Waals surface area contributed by atoms with Crippen molar-refractivity contribution >= 4 is 17.1 Å². The van der Waals surface area contributed by atoms with Crippen molar-refractivity contribution in [3.05, 3.63) is 27.2 Å². The first-order valence-electron chi connectivity index (χ1n) is 6.35. The maximum Gasteiger partial charge on any atom is 0.332 e. The molecule has 1 amide bonds. The van der Waals surface area contributed by atoms with E-state index in [1.54, 1.807) is 25.6 Å². The van der Waals surface area contributed by atoms with Crippen molar-refractivity contribution in [3.8, 4) is 0 Å². The summed E-state index contributed by atoms with van der Waals surface area (Å²) in [5.74, 6) is -0.114. The van der Waals surface area contributed by atoms with Gasteiger partial charge in [-0.1, -0.05) is 6.92 Å². The summed E-state index contributed by atoms with van der Waals surface area (Å²) in [6.07, 6.45) is 1.86. The fourth-order valence-corrected chi connectivity index (χ4v) is 2.03. The smallest absolute Gasteiger partial charge is 0.332 e. The van der Waals surface area contributed by atoms with Gasteiger partial charge in [-0.25, -0.2) is 9.78 Å². The van der Waals surface area contributed by atoms with Crippen LogP contribution < -0.4 is 16.6 Å². The van der Waals surface area contributed by atoms with Gasteiger partial charge in [-0.2, -0.15) is 0 Å². The third-order valence-corrected chi connectivity index (χ3v) is 3.18. The van der Waals surface area contributed by atoms with E-state index in [4.69, 9.17) is 0 Å². The van der Waals surface area contributed by atoms with Crippen molar-refractivity contribution in [1.82, 2.24) is 24.0 Å². The highest BCUT2D eigenvalue weighted by Gasteiger charge is 2.14. The summed E-state index contributed by atoms with van der Waals surface area (Å²) in [6, 6.07) is 0. The minimum absolute atomic E-state index is 0.114. The first-order valence-corrected chi connectivity index (χ1v) is 6.35. The number of nitrogens with one attached hydrogen (secondary N) is 1. The Morgan fingerprint density at radius 3 is 2.70 bits per heavy atom. The lowest BCUT2D eigenvalue weighted by atomic mass is 10.4. The molecule has 0 aliphatic rings. The molecule has 0 fully saturated rings. The van der Waals surface area contributed by atoms with Gasteiger partial charge in [-0.05, 0) is 0 Å². The minimum Gasteiger partial charge on any atom is -0.354 e. The quantitative estimate of drug-likeness (QED) is 0.774. The predicted molar refractivity (Wildman–Crippen MR) is 73.5 cm³/mol. The first kappa shape index (κ1) is 14.0. The molecule has 2 aromatic rings. The number of amides is 1. The summed E-state index contributed by atoms with van der Waals surface area (Å²) in [5, 5.41) is 2.64. The van der Waals surface area contributed by atoms with Crippen molar-refractivity contribution in [1.29, 1.82) is 0 Å². The summed E-state index contributed by atoms with van der Waals surface area (Å²) in [6.45, 7) is 2.12. The second kappa shape index (κ2) is 5.32. The maximum atomic E-state index is 12.3. The van der Waals surface area contributed by atoms with Crippen LogP contribution in [0.15, 0.2) is 15.9 Å². The number of aromatic nitrogens is 4. The number of hydrogen-bond acceptors (Lipinski definition) is 4. The average molecular weight is 279 g/mol. The standard InChI is InChI=1S/C12H17N5O3/c1-4-8(18)13-5-6-17-11(19)9-10(14-7-15(9)2)16(3)12(17)20/h7H,4-6H2,1-3H3,(H,13,18). The first-order chi connectivity index (χ1) is 9.47. The van der Waals surface area contributed by atoms with Gasteiger partial charge in [0, 0.05) is 33.6 Å². The van der Waals surface area contributed by atoms with Crippen LogP contribution in [0.1, 0.15) is 13.3 Å². The van der Waals surface area contributed by atoms with Crippen LogP contribution in [0.5, 0.6) is 0 Å². The molecule has 0 saturated heterocycles. The minimum atomic E-state index is -0.438. The Hall–Kier alpha value is -2.38. The maximum absolute atomic E-state index is 12.3. The van der Waals surface area contributed by atoms with Gasteiger partial charge < -0.3 is 9.88 Å². The number of carbonyl (C=O) groups is 1. The molecule has 0 unspecified atom stereocenters. The average Bonchev–Trinajstić information content (AvgIpc) is 2.82. The van der Waals surface area contributed by atoms with Crippen LogP contribution in [0.3, 0.4) is 0 Å². The van der Waals surface area contributed by atoms with Gasteiger partial charge in [-0.3, -0.25) is 18.7 Å². The molecule has 2 heterocycles. The summed E-state index contributed by atoms with van der Waals surface area (Å²) in [7, 11) is 3.27. The van der Waals surface area contributed by atoms with E-state index in [2.05, 4.69) is 10.3 Å². The fourth-order valence-electron chi connectivity index (χ4n) is 2.03. The number of nitrogens with zero attached hydrogens (tertiary/aromatic N) is 4.